The number of nitrogens with zero attached hydrogens (tertiary/aromatic N) is 3. The summed E-state index contributed by atoms with van der Waals surface area (Å²) in [6, 6.07) is 6.48. The molecule has 0 saturated heterocycles. The van der Waals surface area contributed by atoms with Gasteiger partial charge in [-0.05, 0) is 17.7 Å². The van der Waals surface area contributed by atoms with Crippen LogP contribution < -0.4 is 4.74 Å². The first-order valence-electron chi connectivity index (χ1n) is 5.83. The minimum Gasteiger partial charge on any atom is -0.435 e. The highest BCUT2D eigenvalue weighted by Gasteiger charge is 2.05. The van der Waals surface area contributed by atoms with E-state index in [1.165, 1.54) is 12.1 Å². The Morgan fingerprint density at radius 2 is 1.63 bits per heavy atom. The lowest BCUT2D eigenvalue weighted by molar-refractivity contribution is -0.0498. The van der Waals surface area contributed by atoms with E-state index in [1.54, 1.807) is 12.1 Å². The summed E-state index contributed by atoms with van der Waals surface area (Å²) in [6.07, 6.45) is 0. The van der Waals surface area contributed by atoms with Crippen molar-refractivity contribution < 1.29 is 13.5 Å². The quantitative estimate of drug-likeness (QED) is 0.621. The van der Waals surface area contributed by atoms with Crippen molar-refractivity contribution >= 4 is 5.96 Å². The summed E-state index contributed by atoms with van der Waals surface area (Å²) in [7, 11) is 7.66. The Balaban J connectivity index is 2.69. The zero-order valence-electron chi connectivity index (χ0n) is 11.6. The van der Waals surface area contributed by atoms with Gasteiger partial charge in [0.25, 0.3) is 0 Å². The number of benzene rings is 1. The molecule has 4 nitrogen and oxygen atoms in total. The van der Waals surface area contributed by atoms with Gasteiger partial charge < -0.3 is 14.5 Å². The van der Waals surface area contributed by atoms with E-state index in [0.717, 1.165) is 11.5 Å². The van der Waals surface area contributed by atoms with Crippen LogP contribution in [0.3, 0.4) is 0 Å². The Kier molecular flexibility index (Phi) is 5.54. The molecule has 0 aliphatic carbocycles. The average molecular weight is 271 g/mol. The van der Waals surface area contributed by atoms with Crippen LogP contribution in [0.25, 0.3) is 0 Å². The molecule has 106 valence electrons. The molecule has 0 bridgehead atoms. The number of alkyl halides is 2. The Bertz CT molecular complexity index is 406. The largest absolute Gasteiger partial charge is 0.435 e. The van der Waals surface area contributed by atoms with Crippen molar-refractivity contribution in [1.82, 2.24) is 9.80 Å². The van der Waals surface area contributed by atoms with Crippen LogP contribution >= 0.6 is 0 Å². The van der Waals surface area contributed by atoms with E-state index >= 15 is 0 Å². The molecule has 0 spiro atoms. The van der Waals surface area contributed by atoms with Gasteiger partial charge in [-0.25, -0.2) is 4.99 Å². The van der Waals surface area contributed by atoms with Crippen molar-refractivity contribution in [3.63, 3.8) is 0 Å². The molecule has 0 amide bonds. The van der Waals surface area contributed by atoms with Gasteiger partial charge in [-0.3, -0.25) is 0 Å². The smallest absolute Gasteiger partial charge is 0.387 e. The third kappa shape index (κ3) is 5.11. The van der Waals surface area contributed by atoms with Crippen molar-refractivity contribution in [1.29, 1.82) is 0 Å². The van der Waals surface area contributed by atoms with E-state index in [0.29, 0.717) is 6.54 Å². The molecule has 1 aromatic rings. The lowest BCUT2D eigenvalue weighted by atomic mass is 10.2. The van der Waals surface area contributed by atoms with Gasteiger partial charge >= 0.3 is 6.61 Å². The van der Waals surface area contributed by atoms with E-state index < -0.39 is 6.61 Å². The minimum absolute atomic E-state index is 0.156. The Morgan fingerprint density at radius 1 is 1.11 bits per heavy atom. The van der Waals surface area contributed by atoms with Crippen LogP contribution in [0, 0.1) is 0 Å². The topological polar surface area (TPSA) is 28.1 Å². The number of hydrogen-bond acceptors (Lipinski definition) is 2. The number of hydrogen-bond donors (Lipinski definition) is 0. The molecule has 0 heterocycles. The molecular formula is C13H19F2N3O. The van der Waals surface area contributed by atoms with Crippen LogP contribution in [0.5, 0.6) is 5.75 Å². The molecule has 1 aromatic carbocycles. The van der Waals surface area contributed by atoms with Gasteiger partial charge in [0.15, 0.2) is 5.96 Å². The monoisotopic (exact) mass is 271 g/mol. The van der Waals surface area contributed by atoms with Crippen molar-refractivity contribution in [3.05, 3.63) is 29.8 Å². The number of halogens is 2. The first kappa shape index (κ1) is 15.2. The summed E-state index contributed by atoms with van der Waals surface area (Å²) in [4.78, 5) is 8.29. The number of guanidine groups is 1. The molecule has 0 atom stereocenters. The minimum atomic E-state index is -2.79. The van der Waals surface area contributed by atoms with Crippen molar-refractivity contribution in [2.24, 2.45) is 4.99 Å². The van der Waals surface area contributed by atoms with E-state index in [9.17, 15) is 8.78 Å². The molecule has 6 heteroatoms. The number of aliphatic imine (C=N–C) groups is 1. The summed E-state index contributed by atoms with van der Waals surface area (Å²) in [5, 5.41) is 0. The maximum atomic E-state index is 12.0. The van der Waals surface area contributed by atoms with Crippen LogP contribution in [0.2, 0.25) is 0 Å². The number of rotatable bonds is 4. The molecule has 0 aromatic heterocycles. The predicted molar refractivity (Wildman–Crippen MR) is 71.6 cm³/mol. The molecular weight excluding hydrogens is 252 g/mol. The standard InChI is InChI=1S/C13H19F2N3O/c1-17(2)13(18(3)4)16-9-10-5-7-11(8-6-10)19-12(14)15/h5-8,12H,9H2,1-4H3. The molecule has 0 radical (unpaired) electrons. The first-order valence-corrected chi connectivity index (χ1v) is 5.83. The molecule has 0 unspecified atom stereocenters. The molecule has 1 rings (SSSR count). The SMILES string of the molecule is CN(C)C(=NCc1ccc(OC(F)F)cc1)N(C)C. The summed E-state index contributed by atoms with van der Waals surface area (Å²) in [5.41, 5.74) is 0.933. The Hall–Kier alpha value is -1.85. The Morgan fingerprint density at radius 3 is 2.05 bits per heavy atom. The number of ether oxygens (including phenoxy) is 1. The molecule has 0 aliphatic heterocycles. The van der Waals surface area contributed by atoms with E-state index in [4.69, 9.17) is 0 Å². The van der Waals surface area contributed by atoms with Gasteiger partial charge in [0, 0.05) is 28.2 Å². The first-order chi connectivity index (χ1) is 8.90. The second-order valence-corrected chi connectivity index (χ2v) is 4.43. The second-order valence-electron chi connectivity index (χ2n) is 4.43. The van der Waals surface area contributed by atoms with Crippen LogP contribution in [0.15, 0.2) is 29.3 Å². The summed E-state index contributed by atoms with van der Waals surface area (Å²) in [6.45, 7) is -2.31. The molecule has 0 saturated carbocycles. The summed E-state index contributed by atoms with van der Waals surface area (Å²) < 4.78 is 28.3. The normalized spacial score (nSPS) is 10.3. The predicted octanol–water partition coefficient (Wildman–Crippen LogP) is 2.27. The van der Waals surface area contributed by atoms with Gasteiger partial charge in [-0.1, -0.05) is 12.1 Å². The maximum absolute atomic E-state index is 12.0. The van der Waals surface area contributed by atoms with Crippen LogP contribution in [0.1, 0.15) is 5.56 Å². The van der Waals surface area contributed by atoms with Crippen molar-refractivity contribution in [2.75, 3.05) is 28.2 Å². The fourth-order valence-corrected chi connectivity index (χ4v) is 1.62. The average Bonchev–Trinajstić information content (AvgIpc) is 2.29. The molecule has 19 heavy (non-hydrogen) atoms. The van der Waals surface area contributed by atoms with Crippen LogP contribution in [-0.4, -0.2) is 50.6 Å². The van der Waals surface area contributed by atoms with E-state index in [2.05, 4.69) is 9.73 Å². The maximum Gasteiger partial charge on any atom is 0.387 e. The fourth-order valence-electron chi connectivity index (χ4n) is 1.62. The molecule has 0 N–H and O–H groups in total. The summed E-state index contributed by atoms with van der Waals surface area (Å²) in [5.74, 6) is 0.996. The highest BCUT2D eigenvalue weighted by molar-refractivity contribution is 5.79. The van der Waals surface area contributed by atoms with E-state index in [1.807, 2.05) is 38.0 Å². The van der Waals surface area contributed by atoms with E-state index in [-0.39, 0.29) is 5.75 Å². The molecule has 0 fully saturated rings. The lowest BCUT2D eigenvalue weighted by Crippen LogP contribution is -2.35. The van der Waals surface area contributed by atoms with Crippen molar-refractivity contribution in [3.8, 4) is 5.75 Å². The summed E-state index contributed by atoms with van der Waals surface area (Å²) >= 11 is 0. The van der Waals surface area contributed by atoms with Gasteiger partial charge in [0.1, 0.15) is 5.75 Å². The third-order valence-corrected chi connectivity index (χ3v) is 2.35. The molecule has 0 aliphatic rings. The lowest BCUT2D eigenvalue weighted by Gasteiger charge is -2.22. The zero-order chi connectivity index (χ0) is 14.4. The van der Waals surface area contributed by atoms with Gasteiger partial charge in [0.2, 0.25) is 0 Å². The van der Waals surface area contributed by atoms with Crippen LogP contribution in [0.4, 0.5) is 8.78 Å². The Labute approximate surface area is 112 Å². The van der Waals surface area contributed by atoms with Crippen LogP contribution in [-0.2, 0) is 6.54 Å². The highest BCUT2D eigenvalue weighted by Crippen LogP contribution is 2.15. The van der Waals surface area contributed by atoms with Gasteiger partial charge in [0.05, 0.1) is 6.54 Å². The van der Waals surface area contributed by atoms with Gasteiger partial charge in [-0.15, -0.1) is 0 Å². The second kappa shape index (κ2) is 6.92. The van der Waals surface area contributed by atoms with Gasteiger partial charge in [-0.2, -0.15) is 8.78 Å². The fraction of sp³-hybridized carbons (Fsp3) is 0.462. The third-order valence-electron chi connectivity index (χ3n) is 2.35. The zero-order valence-corrected chi connectivity index (χ0v) is 11.6. The highest BCUT2D eigenvalue weighted by atomic mass is 19.3. The van der Waals surface area contributed by atoms with Crippen molar-refractivity contribution in [2.45, 2.75) is 13.2 Å².